The number of hydrogen-bond acceptors (Lipinski definition) is 6. The molecule has 0 aliphatic carbocycles. The van der Waals surface area contributed by atoms with Gasteiger partial charge >= 0.3 is 5.97 Å². The lowest BCUT2D eigenvalue weighted by Crippen LogP contribution is -2.56. The molecule has 1 fully saturated rings. The third kappa shape index (κ3) is 5.54. The highest BCUT2D eigenvalue weighted by Gasteiger charge is 2.28. The van der Waals surface area contributed by atoms with E-state index in [0.29, 0.717) is 29.4 Å². The number of benzene rings is 2. The Morgan fingerprint density at radius 3 is 2.52 bits per heavy atom. The Bertz CT molecular complexity index is 919. The van der Waals surface area contributed by atoms with Crippen LogP contribution in [0.15, 0.2) is 36.4 Å². The molecular formula is C23H29ClFN3O3. The number of aliphatic hydroxyl groups is 1. The van der Waals surface area contributed by atoms with E-state index < -0.39 is 18.1 Å². The third-order valence-electron chi connectivity index (χ3n) is 5.76. The highest BCUT2D eigenvalue weighted by Crippen LogP contribution is 2.28. The van der Waals surface area contributed by atoms with Crippen LogP contribution in [0.5, 0.6) is 0 Å². The number of likely N-dealkylation sites (N-methyl/N-ethyl adjacent to an activating group) is 1. The van der Waals surface area contributed by atoms with Gasteiger partial charge in [0.2, 0.25) is 0 Å². The summed E-state index contributed by atoms with van der Waals surface area (Å²) in [5.74, 6) is -1.13. The van der Waals surface area contributed by atoms with Crippen molar-refractivity contribution >= 4 is 23.3 Å². The van der Waals surface area contributed by atoms with Crippen LogP contribution >= 0.6 is 11.6 Å². The number of methoxy groups -OCH3 is 1. The number of carbonyl (C=O) groups excluding carboxylic acids is 1. The van der Waals surface area contributed by atoms with Crippen LogP contribution in [0.25, 0.3) is 0 Å². The molecule has 1 unspecified atom stereocenters. The van der Waals surface area contributed by atoms with Crippen molar-refractivity contribution in [1.29, 1.82) is 0 Å². The first kappa shape index (κ1) is 23.5. The molecule has 0 spiro atoms. The molecule has 0 saturated carbocycles. The molecule has 1 aliphatic heterocycles. The first-order valence-electron chi connectivity index (χ1n) is 10.4. The first-order valence-corrected chi connectivity index (χ1v) is 10.8. The smallest absolute Gasteiger partial charge is 0.337 e. The van der Waals surface area contributed by atoms with E-state index in [4.69, 9.17) is 11.6 Å². The van der Waals surface area contributed by atoms with Crippen molar-refractivity contribution in [3.63, 3.8) is 0 Å². The molecule has 1 saturated heterocycles. The van der Waals surface area contributed by atoms with E-state index in [1.54, 1.807) is 17.0 Å². The monoisotopic (exact) mass is 449 g/mol. The van der Waals surface area contributed by atoms with Crippen LogP contribution in [-0.4, -0.2) is 67.1 Å². The molecule has 2 aromatic rings. The van der Waals surface area contributed by atoms with Crippen LogP contribution in [-0.2, 0) is 11.3 Å². The van der Waals surface area contributed by atoms with E-state index in [0.717, 1.165) is 31.3 Å². The Morgan fingerprint density at radius 2 is 1.94 bits per heavy atom. The molecule has 1 heterocycles. The quantitative estimate of drug-likeness (QED) is 0.516. The van der Waals surface area contributed by atoms with Crippen molar-refractivity contribution in [3.8, 4) is 0 Å². The zero-order valence-electron chi connectivity index (χ0n) is 18.1. The number of ether oxygens (including phenoxy) is 1. The van der Waals surface area contributed by atoms with Crippen molar-refractivity contribution in [2.45, 2.75) is 26.7 Å². The normalized spacial score (nSPS) is 16.2. The van der Waals surface area contributed by atoms with Gasteiger partial charge in [-0.1, -0.05) is 30.7 Å². The maximum Gasteiger partial charge on any atom is 0.337 e. The molecule has 0 radical (unpaired) electrons. The van der Waals surface area contributed by atoms with E-state index in [1.165, 1.54) is 13.2 Å². The summed E-state index contributed by atoms with van der Waals surface area (Å²) in [7, 11) is 1.26. The average Bonchev–Trinajstić information content (AvgIpc) is 2.79. The van der Waals surface area contributed by atoms with Gasteiger partial charge in [0.15, 0.2) is 6.35 Å². The number of halogens is 2. The summed E-state index contributed by atoms with van der Waals surface area (Å²) in [5.41, 5.74) is 2.11. The topological polar surface area (TPSA) is 56.2 Å². The molecule has 31 heavy (non-hydrogen) atoms. The van der Waals surface area contributed by atoms with Crippen molar-refractivity contribution in [3.05, 3.63) is 63.9 Å². The fourth-order valence-electron chi connectivity index (χ4n) is 3.68. The second-order valence-electron chi connectivity index (χ2n) is 7.68. The summed E-state index contributed by atoms with van der Waals surface area (Å²) in [4.78, 5) is 17.7. The molecule has 168 valence electrons. The lowest BCUT2D eigenvalue weighted by molar-refractivity contribution is -0.0268. The average molecular weight is 450 g/mol. The Kier molecular flexibility index (Phi) is 7.89. The van der Waals surface area contributed by atoms with Crippen LogP contribution in [0.4, 0.5) is 10.1 Å². The number of hydrogen-bond donors (Lipinski definition) is 1. The zero-order chi connectivity index (χ0) is 22.5. The zero-order valence-corrected chi connectivity index (χ0v) is 18.9. The van der Waals surface area contributed by atoms with Gasteiger partial charge in [0.05, 0.1) is 12.7 Å². The van der Waals surface area contributed by atoms with Gasteiger partial charge in [-0.05, 0) is 43.3 Å². The Morgan fingerprint density at radius 1 is 1.23 bits per heavy atom. The molecule has 1 atom stereocenters. The minimum absolute atomic E-state index is 0.113. The minimum Gasteiger partial charge on any atom is -0.465 e. The Hall–Kier alpha value is -2.19. The van der Waals surface area contributed by atoms with E-state index in [1.807, 2.05) is 24.0 Å². The lowest BCUT2D eigenvalue weighted by atomic mass is 10.1. The van der Waals surface area contributed by atoms with Gasteiger partial charge in [-0.3, -0.25) is 4.90 Å². The maximum absolute atomic E-state index is 14.8. The molecule has 6 nitrogen and oxygen atoms in total. The number of esters is 1. The van der Waals surface area contributed by atoms with Crippen molar-refractivity contribution in [2.75, 3.05) is 44.7 Å². The van der Waals surface area contributed by atoms with E-state index >= 15 is 0 Å². The van der Waals surface area contributed by atoms with Crippen LogP contribution in [0.2, 0.25) is 5.02 Å². The minimum atomic E-state index is -0.947. The second-order valence-corrected chi connectivity index (χ2v) is 8.08. The van der Waals surface area contributed by atoms with Crippen molar-refractivity contribution in [1.82, 2.24) is 9.80 Å². The highest BCUT2D eigenvalue weighted by atomic mass is 35.5. The molecule has 0 aromatic heterocycles. The van der Waals surface area contributed by atoms with E-state index in [9.17, 15) is 14.3 Å². The van der Waals surface area contributed by atoms with Crippen molar-refractivity contribution < 1.29 is 19.0 Å². The number of aryl methyl sites for hydroxylation is 1. The van der Waals surface area contributed by atoms with Crippen molar-refractivity contribution in [2.24, 2.45) is 0 Å². The molecule has 0 bridgehead atoms. The summed E-state index contributed by atoms with van der Waals surface area (Å²) >= 11 is 6.34. The summed E-state index contributed by atoms with van der Waals surface area (Å²) in [6.45, 7) is 8.23. The summed E-state index contributed by atoms with van der Waals surface area (Å²) in [5, 5.41) is 11.8. The summed E-state index contributed by atoms with van der Waals surface area (Å²) in [6, 6.07) is 9.76. The molecule has 1 aliphatic rings. The summed E-state index contributed by atoms with van der Waals surface area (Å²) < 4.78 is 19.5. The van der Waals surface area contributed by atoms with Gasteiger partial charge in [0.1, 0.15) is 5.82 Å². The molecule has 8 heteroatoms. The van der Waals surface area contributed by atoms with Gasteiger partial charge in [0, 0.05) is 49.0 Å². The Balaban J connectivity index is 1.89. The SMILES string of the molecule is CCN1CCN(C(O)N(Cc2ccc(C(=O)OC)cc2F)c2ccc(C)c(Cl)c2)CC1. The third-order valence-corrected chi connectivity index (χ3v) is 6.17. The molecule has 1 N–H and O–H groups in total. The predicted molar refractivity (Wildman–Crippen MR) is 120 cm³/mol. The van der Waals surface area contributed by atoms with Crippen LogP contribution in [0, 0.1) is 12.7 Å². The van der Waals surface area contributed by atoms with Crippen LogP contribution < -0.4 is 4.90 Å². The van der Waals surface area contributed by atoms with Crippen LogP contribution in [0.1, 0.15) is 28.4 Å². The largest absolute Gasteiger partial charge is 0.465 e. The lowest BCUT2D eigenvalue weighted by Gasteiger charge is -2.42. The maximum atomic E-state index is 14.8. The fourth-order valence-corrected chi connectivity index (χ4v) is 3.85. The molecule has 0 amide bonds. The number of aliphatic hydroxyl groups excluding tert-OH is 1. The van der Waals surface area contributed by atoms with E-state index in [-0.39, 0.29) is 12.1 Å². The second kappa shape index (κ2) is 10.4. The number of nitrogens with zero attached hydrogens (tertiary/aromatic N) is 3. The van der Waals surface area contributed by atoms with Gasteiger partial charge in [-0.2, -0.15) is 0 Å². The fraction of sp³-hybridized carbons (Fsp3) is 0.435. The van der Waals surface area contributed by atoms with Crippen LogP contribution in [0.3, 0.4) is 0 Å². The summed E-state index contributed by atoms with van der Waals surface area (Å²) in [6.07, 6.45) is -0.947. The first-order chi connectivity index (χ1) is 14.8. The molecular weight excluding hydrogens is 421 g/mol. The number of anilines is 1. The van der Waals surface area contributed by atoms with Gasteiger partial charge in [-0.25, -0.2) is 9.18 Å². The Labute approximate surface area is 187 Å². The number of carbonyl (C=O) groups is 1. The van der Waals surface area contributed by atoms with Gasteiger partial charge < -0.3 is 19.6 Å². The van der Waals surface area contributed by atoms with E-state index in [2.05, 4.69) is 16.6 Å². The van der Waals surface area contributed by atoms with Gasteiger partial charge in [-0.15, -0.1) is 0 Å². The number of rotatable bonds is 7. The molecule has 3 rings (SSSR count). The molecule has 2 aromatic carbocycles. The standard InChI is InChI=1S/C23H29ClFN3O3/c1-4-26-9-11-27(12-10-26)23(30)28(19-8-5-16(2)20(24)14-19)15-18-7-6-17(13-21(18)25)22(29)31-3/h5-8,13-14,23,30H,4,9-12,15H2,1-3H3. The highest BCUT2D eigenvalue weighted by molar-refractivity contribution is 6.31. The van der Waals surface area contributed by atoms with Gasteiger partial charge in [0.25, 0.3) is 0 Å². The number of piperazine rings is 1. The predicted octanol–water partition coefficient (Wildman–Crippen LogP) is 3.49.